The molecule has 0 spiro atoms. The predicted molar refractivity (Wildman–Crippen MR) is 61.4 cm³/mol. The number of hydrogen-bond acceptors (Lipinski definition) is 2. The maximum Gasteiger partial charge on any atom is 0.0204 e. The Bertz CT molecular complexity index is 252. The van der Waals surface area contributed by atoms with Crippen molar-refractivity contribution in [3.05, 3.63) is 41.3 Å². The van der Waals surface area contributed by atoms with Crippen LogP contribution in [0.4, 0.5) is 0 Å². The maximum absolute atomic E-state index is 2.18. The van der Waals surface area contributed by atoms with Crippen LogP contribution < -0.4 is 0 Å². The van der Waals surface area contributed by atoms with Crippen molar-refractivity contribution < 1.29 is 0 Å². The number of hydrogen-bond donors (Lipinski definition) is 0. The first-order chi connectivity index (χ1) is 5.88. The minimum atomic E-state index is 1.30. The summed E-state index contributed by atoms with van der Waals surface area (Å²) in [6.45, 7) is 0. The molecule has 0 aliphatic carbocycles. The van der Waals surface area contributed by atoms with Gasteiger partial charge in [-0.05, 0) is 23.5 Å². The van der Waals surface area contributed by atoms with Gasteiger partial charge in [0.2, 0.25) is 0 Å². The summed E-state index contributed by atoms with van der Waals surface area (Å²) in [6.07, 6.45) is 4.19. The molecule has 0 heterocycles. The van der Waals surface area contributed by atoms with Crippen LogP contribution in [0.25, 0.3) is 4.91 Å². The van der Waals surface area contributed by atoms with E-state index in [4.69, 9.17) is 0 Å². The van der Waals surface area contributed by atoms with Gasteiger partial charge in [-0.1, -0.05) is 30.3 Å². The number of thioether (sulfide) groups is 2. The van der Waals surface area contributed by atoms with Gasteiger partial charge in [-0.3, -0.25) is 0 Å². The summed E-state index contributed by atoms with van der Waals surface area (Å²) >= 11 is 3.53. The van der Waals surface area contributed by atoms with Gasteiger partial charge in [0.15, 0.2) is 0 Å². The van der Waals surface area contributed by atoms with Gasteiger partial charge in [-0.2, -0.15) is 0 Å². The highest BCUT2D eigenvalue weighted by Crippen LogP contribution is 2.26. The molecule has 1 rings (SSSR count). The van der Waals surface area contributed by atoms with Gasteiger partial charge >= 0.3 is 0 Å². The molecule has 64 valence electrons. The van der Waals surface area contributed by atoms with Crippen molar-refractivity contribution in [1.82, 2.24) is 0 Å². The lowest BCUT2D eigenvalue weighted by Crippen LogP contribution is -1.76. The van der Waals surface area contributed by atoms with Gasteiger partial charge in [0, 0.05) is 4.91 Å². The Hall–Kier alpha value is -0.340. The lowest BCUT2D eigenvalue weighted by molar-refractivity contribution is 1.66. The molecule has 2 heteroatoms. The van der Waals surface area contributed by atoms with Crippen LogP contribution in [0.15, 0.2) is 35.7 Å². The van der Waals surface area contributed by atoms with E-state index in [1.54, 1.807) is 23.5 Å². The van der Waals surface area contributed by atoms with Crippen molar-refractivity contribution in [2.24, 2.45) is 0 Å². The van der Waals surface area contributed by atoms with Crippen LogP contribution in [0.3, 0.4) is 0 Å². The van der Waals surface area contributed by atoms with E-state index in [0.29, 0.717) is 0 Å². The summed E-state index contributed by atoms with van der Waals surface area (Å²) in [4.78, 5) is 1.34. The van der Waals surface area contributed by atoms with Gasteiger partial charge in [-0.25, -0.2) is 0 Å². The summed E-state index contributed by atoms with van der Waals surface area (Å²) in [5.74, 6) is 0. The third-order valence-corrected chi connectivity index (χ3v) is 2.92. The standard InChI is InChI=1S/C10H12S2/c1-11-8-10(12-2)9-6-4-3-5-7-9/h3-8H,1-2H3/b10-8-. The SMILES string of the molecule is CS/C=C(\SC)c1ccccc1. The van der Waals surface area contributed by atoms with E-state index in [9.17, 15) is 0 Å². The molecule has 0 aliphatic rings. The predicted octanol–water partition coefficient (Wildman–Crippen LogP) is 3.71. The second-order valence-corrected chi connectivity index (χ2v) is 3.84. The molecule has 0 aliphatic heterocycles. The van der Waals surface area contributed by atoms with Gasteiger partial charge in [0.25, 0.3) is 0 Å². The zero-order valence-electron chi connectivity index (χ0n) is 7.28. The largest absolute Gasteiger partial charge is 0.136 e. The summed E-state index contributed by atoms with van der Waals surface area (Å²) < 4.78 is 0. The van der Waals surface area contributed by atoms with Crippen LogP contribution in [0.5, 0.6) is 0 Å². The van der Waals surface area contributed by atoms with Crippen molar-refractivity contribution in [2.45, 2.75) is 0 Å². The van der Waals surface area contributed by atoms with E-state index in [-0.39, 0.29) is 0 Å². The zero-order valence-corrected chi connectivity index (χ0v) is 8.91. The molecule has 0 nitrogen and oxygen atoms in total. The summed E-state index contributed by atoms with van der Waals surface area (Å²) in [5.41, 5.74) is 1.30. The summed E-state index contributed by atoms with van der Waals surface area (Å²) in [7, 11) is 0. The molecular formula is C10H12S2. The van der Waals surface area contributed by atoms with Gasteiger partial charge in [0.05, 0.1) is 0 Å². The Balaban J connectivity index is 2.88. The Labute approximate surface area is 82.4 Å². The quantitative estimate of drug-likeness (QED) is 0.723. The monoisotopic (exact) mass is 196 g/mol. The fourth-order valence-electron chi connectivity index (χ4n) is 0.943. The molecule has 1 aromatic rings. The maximum atomic E-state index is 2.18. The molecule has 0 amide bonds. The highest BCUT2D eigenvalue weighted by atomic mass is 32.2. The number of benzene rings is 1. The first-order valence-electron chi connectivity index (χ1n) is 3.71. The molecule has 0 aromatic heterocycles. The zero-order chi connectivity index (χ0) is 8.81. The molecule has 1 aromatic carbocycles. The van der Waals surface area contributed by atoms with E-state index in [1.807, 2.05) is 6.07 Å². The molecule has 0 saturated heterocycles. The Kier molecular flexibility index (Phi) is 4.33. The van der Waals surface area contributed by atoms with Crippen LogP contribution in [-0.4, -0.2) is 12.5 Å². The molecule has 0 N–H and O–H groups in total. The third-order valence-electron chi connectivity index (χ3n) is 1.50. The van der Waals surface area contributed by atoms with Crippen molar-refractivity contribution in [1.29, 1.82) is 0 Å². The van der Waals surface area contributed by atoms with Gasteiger partial charge in [0.1, 0.15) is 0 Å². The fourth-order valence-corrected chi connectivity index (χ4v) is 2.34. The Morgan fingerprint density at radius 1 is 1.17 bits per heavy atom. The van der Waals surface area contributed by atoms with Crippen LogP contribution in [-0.2, 0) is 0 Å². The highest BCUT2D eigenvalue weighted by Gasteiger charge is 1.96. The van der Waals surface area contributed by atoms with E-state index in [0.717, 1.165) is 0 Å². The molecule has 0 radical (unpaired) electrons. The minimum absolute atomic E-state index is 1.30. The first-order valence-corrected chi connectivity index (χ1v) is 6.22. The second kappa shape index (κ2) is 5.33. The van der Waals surface area contributed by atoms with Crippen LogP contribution in [0, 0.1) is 0 Å². The average Bonchev–Trinajstić information content (AvgIpc) is 2.15. The number of rotatable bonds is 3. The topological polar surface area (TPSA) is 0 Å². The van der Waals surface area contributed by atoms with Crippen molar-refractivity contribution in [3.8, 4) is 0 Å². The molecule has 0 saturated carbocycles. The van der Waals surface area contributed by atoms with E-state index in [2.05, 4.69) is 42.2 Å². The normalized spacial score (nSPS) is 11.7. The first kappa shape index (κ1) is 9.75. The van der Waals surface area contributed by atoms with Crippen LogP contribution >= 0.6 is 23.5 Å². The lowest BCUT2D eigenvalue weighted by atomic mass is 10.2. The highest BCUT2D eigenvalue weighted by molar-refractivity contribution is 8.09. The van der Waals surface area contributed by atoms with Gasteiger partial charge in [-0.15, -0.1) is 23.5 Å². The van der Waals surface area contributed by atoms with Crippen LogP contribution in [0.1, 0.15) is 5.56 Å². The van der Waals surface area contributed by atoms with E-state index < -0.39 is 0 Å². The fraction of sp³-hybridized carbons (Fsp3) is 0.200. The third kappa shape index (κ3) is 2.61. The van der Waals surface area contributed by atoms with Crippen molar-refractivity contribution >= 4 is 28.4 Å². The molecule has 0 bridgehead atoms. The van der Waals surface area contributed by atoms with Gasteiger partial charge < -0.3 is 0 Å². The van der Waals surface area contributed by atoms with E-state index in [1.165, 1.54) is 10.5 Å². The Morgan fingerprint density at radius 3 is 2.33 bits per heavy atom. The van der Waals surface area contributed by atoms with Crippen molar-refractivity contribution in [2.75, 3.05) is 12.5 Å². The lowest BCUT2D eigenvalue weighted by Gasteiger charge is -2.02. The average molecular weight is 196 g/mol. The van der Waals surface area contributed by atoms with Crippen LogP contribution in [0.2, 0.25) is 0 Å². The molecular weight excluding hydrogens is 184 g/mol. The van der Waals surface area contributed by atoms with E-state index >= 15 is 0 Å². The minimum Gasteiger partial charge on any atom is -0.136 e. The molecule has 0 fully saturated rings. The second-order valence-electron chi connectivity index (χ2n) is 2.29. The molecule has 0 atom stereocenters. The smallest absolute Gasteiger partial charge is 0.0204 e. The summed E-state index contributed by atoms with van der Waals surface area (Å²) in [6, 6.07) is 10.5. The van der Waals surface area contributed by atoms with Crippen molar-refractivity contribution in [3.63, 3.8) is 0 Å². The Morgan fingerprint density at radius 2 is 1.83 bits per heavy atom. The molecule has 0 unspecified atom stereocenters. The summed E-state index contributed by atoms with van der Waals surface area (Å²) in [5, 5.41) is 2.18. The molecule has 12 heavy (non-hydrogen) atoms.